The highest BCUT2D eigenvalue weighted by Crippen LogP contribution is 2.27. The maximum Gasteiger partial charge on any atom is 0.251 e. The second-order valence-electron chi connectivity index (χ2n) is 8.16. The lowest BCUT2D eigenvalue weighted by molar-refractivity contribution is 0.0858. The number of carbonyl (C=O) groups excluding carboxylic acids is 1. The van der Waals surface area contributed by atoms with Crippen molar-refractivity contribution < 1.29 is 9.53 Å². The Morgan fingerprint density at radius 2 is 1.94 bits per heavy atom. The number of ether oxygens (including phenoxy) is 1. The van der Waals surface area contributed by atoms with Crippen molar-refractivity contribution in [1.29, 1.82) is 0 Å². The maximum atomic E-state index is 12.5. The number of fused-ring (bicyclic) bond motifs is 1. The van der Waals surface area contributed by atoms with Gasteiger partial charge in [-0.2, -0.15) is 0 Å². The summed E-state index contributed by atoms with van der Waals surface area (Å²) in [5, 5.41) is 3.94. The van der Waals surface area contributed by atoms with Gasteiger partial charge in [-0.05, 0) is 42.2 Å². The van der Waals surface area contributed by atoms with Gasteiger partial charge in [-0.25, -0.2) is 4.98 Å². The van der Waals surface area contributed by atoms with Crippen LogP contribution in [-0.2, 0) is 17.0 Å². The first-order chi connectivity index (χ1) is 16.3. The molecule has 0 aliphatic carbocycles. The number of aromatic nitrogens is 3. The van der Waals surface area contributed by atoms with Crippen molar-refractivity contribution in [2.24, 2.45) is 0 Å². The number of hydrogen-bond acceptors (Lipinski definition) is 5. The summed E-state index contributed by atoms with van der Waals surface area (Å²) in [6.07, 6.45) is 5.86. The number of amides is 1. The van der Waals surface area contributed by atoms with E-state index in [0.29, 0.717) is 18.7 Å². The largest absolute Gasteiger partial charge is 0.376 e. The van der Waals surface area contributed by atoms with E-state index in [-0.39, 0.29) is 12.0 Å². The molecule has 1 amide bonds. The lowest BCUT2D eigenvalue weighted by Gasteiger charge is -2.12. The summed E-state index contributed by atoms with van der Waals surface area (Å²) in [7, 11) is 0. The molecule has 0 radical (unpaired) electrons. The lowest BCUT2D eigenvalue weighted by Crippen LogP contribution is -2.31. The zero-order valence-corrected chi connectivity index (χ0v) is 19.1. The number of nitrogens with zero attached hydrogens (tertiary/aromatic N) is 3. The number of rotatable bonds is 8. The Hall–Kier alpha value is -3.16. The number of benzene rings is 2. The summed E-state index contributed by atoms with van der Waals surface area (Å²) in [5.74, 6) is 0.787. The average Bonchev–Trinajstić information content (AvgIpc) is 3.51. The van der Waals surface area contributed by atoms with E-state index < -0.39 is 0 Å². The fourth-order valence-electron chi connectivity index (χ4n) is 3.99. The lowest BCUT2D eigenvalue weighted by atomic mass is 10.1. The number of carbonyl (C=O) groups is 1. The molecule has 7 heteroatoms. The summed E-state index contributed by atoms with van der Waals surface area (Å²) in [6, 6.07) is 20.1. The standard InChI is InChI=1S/C26H26N4O2S/c31-25(28-15-22-7-4-14-32-22)21-10-8-19(9-11-21)17-30-24-16-27-13-12-23(24)29-26(30)33-18-20-5-2-1-3-6-20/h1-3,5-6,8-13,16,22H,4,7,14-15,17-18H2,(H,28,31)/t22-/m1/s1. The number of pyridine rings is 1. The van der Waals surface area contributed by atoms with E-state index in [1.807, 2.05) is 42.6 Å². The van der Waals surface area contributed by atoms with Gasteiger partial charge in [0, 0.05) is 30.7 Å². The molecule has 0 saturated carbocycles. The van der Waals surface area contributed by atoms with Crippen molar-refractivity contribution in [1.82, 2.24) is 19.9 Å². The molecule has 5 rings (SSSR count). The monoisotopic (exact) mass is 458 g/mol. The van der Waals surface area contributed by atoms with E-state index in [9.17, 15) is 4.79 Å². The summed E-state index contributed by atoms with van der Waals surface area (Å²) >= 11 is 1.72. The number of nitrogens with one attached hydrogen (secondary N) is 1. The van der Waals surface area contributed by atoms with Gasteiger partial charge in [0.2, 0.25) is 0 Å². The molecule has 2 aromatic carbocycles. The van der Waals surface area contributed by atoms with Gasteiger partial charge in [0.1, 0.15) is 0 Å². The van der Waals surface area contributed by atoms with Crippen molar-refractivity contribution in [3.8, 4) is 0 Å². The van der Waals surface area contributed by atoms with Crippen molar-refractivity contribution in [2.75, 3.05) is 13.2 Å². The number of thioether (sulfide) groups is 1. The van der Waals surface area contributed by atoms with Crippen molar-refractivity contribution in [3.63, 3.8) is 0 Å². The van der Waals surface area contributed by atoms with Gasteiger partial charge in [-0.15, -0.1) is 0 Å². The molecule has 1 aliphatic heterocycles. The predicted molar refractivity (Wildman–Crippen MR) is 130 cm³/mol. The number of imidazole rings is 1. The molecule has 0 spiro atoms. The van der Waals surface area contributed by atoms with Crippen LogP contribution in [0.15, 0.2) is 78.2 Å². The van der Waals surface area contributed by atoms with E-state index in [0.717, 1.165) is 47.0 Å². The number of hydrogen-bond donors (Lipinski definition) is 1. The Balaban J connectivity index is 1.30. The minimum absolute atomic E-state index is 0.0616. The highest BCUT2D eigenvalue weighted by Gasteiger charge is 2.17. The molecule has 4 aromatic rings. The molecule has 168 valence electrons. The molecule has 33 heavy (non-hydrogen) atoms. The molecule has 1 aliphatic rings. The Kier molecular flexibility index (Phi) is 6.69. The molecule has 3 heterocycles. The normalized spacial score (nSPS) is 15.7. The van der Waals surface area contributed by atoms with E-state index in [1.165, 1.54) is 5.56 Å². The van der Waals surface area contributed by atoms with Crippen LogP contribution < -0.4 is 5.32 Å². The van der Waals surface area contributed by atoms with E-state index in [2.05, 4.69) is 39.1 Å². The topological polar surface area (TPSA) is 69.0 Å². The molecule has 1 atom stereocenters. The van der Waals surface area contributed by atoms with Gasteiger partial charge < -0.3 is 14.6 Å². The maximum absolute atomic E-state index is 12.5. The predicted octanol–water partition coefficient (Wildman–Crippen LogP) is 4.68. The fourth-order valence-corrected chi connectivity index (χ4v) is 4.96. The summed E-state index contributed by atoms with van der Waals surface area (Å²) < 4.78 is 7.78. The van der Waals surface area contributed by atoms with Crippen LogP contribution in [0.2, 0.25) is 0 Å². The third-order valence-corrected chi connectivity index (χ3v) is 6.84. The molecule has 0 unspecified atom stereocenters. The van der Waals surface area contributed by atoms with Crippen molar-refractivity contribution >= 4 is 28.7 Å². The van der Waals surface area contributed by atoms with Crippen LogP contribution in [0.5, 0.6) is 0 Å². The van der Waals surface area contributed by atoms with Gasteiger partial charge in [0.25, 0.3) is 5.91 Å². The molecule has 1 fully saturated rings. The van der Waals surface area contributed by atoms with Crippen molar-refractivity contribution in [2.45, 2.75) is 36.4 Å². The second-order valence-corrected chi connectivity index (χ2v) is 9.10. The highest BCUT2D eigenvalue weighted by molar-refractivity contribution is 7.98. The van der Waals surface area contributed by atoms with Crippen LogP contribution in [0, 0.1) is 0 Å². The third kappa shape index (κ3) is 5.26. The summed E-state index contributed by atoms with van der Waals surface area (Å²) in [5.41, 5.74) is 4.97. The van der Waals surface area contributed by atoms with Gasteiger partial charge in [0.15, 0.2) is 5.16 Å². The van der Waals surface area contributed by atoms with Gasteiger partial charge >= 0.3 is 0 Å². The molecular weight excluding hydrogens is 432 g/mol. The second kappa shape index (κ2) is 10.2. The van der Waals surface area contributed by atoms with E-state index in [4.69, 9.17) is 9.72 Å². The van der Waals surface area contributed by atoms with Crippen LogP contribution in [0.4, 0.5) is 0 Å². The van der Waals surface area contributed by atoms with Gasteiger partial charge in [-0.3, -0.25) is 9.78 Å². The van der Waals surface area contributed by atoms with Gasteiger partial charge in [-0.1, -0.05) is 54.2 Å². The van der Waals surface area contributed by atoms with Crippen LogP contribution in [0.1, 0.15) is 34.3 Å². The van der Waals surface area contributed by atoms with Crippen LogP contribution >= 0.6 is 11.8 Å². The third-order valence-electron chi connectivity index (χ3n) is 5.80. The van der Waals surface area contributed by atoms with Crippen LogP contribution in [0.3, 0.4) is 0 Å². The van der Waals surface area contributed by atoms with Crippen LogP contribution in [-0.4, -0.2) is 39.7 Å². The SMILES string of the molecule is O=C(NC[C@H]1CCCO1)c1ccc(Cn2c(SCc3ccccc3)nc3ccncc32)cc1. The molecule has 2 aromatic heterocycles. The molecule has 1 N–H and O–H groups in total. The first-order valence-electron chi connectivity index (χ1n) is 11.2. The van der Waals surface area contributed by atoms with Crippen molar-refractivity contribution in [3.05, 3.63) is 89.7 Å². The molecule has 1 saturated heterocycles. The summed E-state index contributed by atoms with van der Waals surface area (Å²) in [4.78, 5) is 21.6. The first kappa shape index (κ1) is 21.7. The quantitative estimate of drug-likeness (QED) is 0.388. The Morgan fingerprint density at radius 3 is 2.73 bits per heavy atom. The van der Waals surface area contributed by atoms with E-state index in [1.54, 1.807) is 18.0 Å². The molecular formula is C26H26N4O2S. The van der Waals surface area contributed by atoms with Gasteiger partial charge in [0.05, 0.1) is 29.9 Å². The Labute approximate surface area is 197 Å². The van der Waals surface area contributed by atoms with Crippen LogP contribution in [0.25, 0.3) is 11.0 Å². The zero-order chi connectivity index (χ0) is 22.5. The average molecular weight is 459 g/mol. The molecule has 0 bridgehead atoms. The fraction of sp³-hybridized carbons (Fsp3) is 0.269. The smallest absolute Gasteiger partial charge is 0.251 e. The minimum atomic E-state index is -0.0616. The van der Waals surface area contributed by atoms with E-state index >= 15 is 0 Å². The Morgan fingerprint density at radius 1 is 1.09 bits per heavy atom. The first-order valence-corrected chi connectivity index (χ1v) is 12.2. The summed E-state index contributed by atoms with van der Waals surface area (Å²) in [6.45, 7) is 2.02. The molecule has 6 nitrogen and oxygen atoms in total. The zero-order valence-electron chi connectivity index (χ0n) is 18.3. The minimum Gasteiger partial charge on any atom is -0.376 e. The Bertz CT molecular complexity index is 1220. The highest BCUT2D eigenvalue weighted by atomic mass is 32.2.